The van der Waals surface area contributed by atoms with Gasteiger partial charge in [-0.25, -0.2) is 9.97 Å². The van der Waals surface area contributed by atoms with E-state index in [4.69, 9.17) is 26.3 Å². The topological polar surface area (TPSA) is 68.0 Å². The molecule has 1 aromatic heterocycles. The van der Waals surface area contributed by atoms with Crippen LogP contribution in [0.2, 0.25) is 5.02 Å². The van der Waals surface area contributed by atoms with Crippen molar-refractivity contribution in [1.29, 1.82) is 5.26 Å². The van der Waals surface area contributed by atoms with Gasteiger partial charge in [-0.1, -0.05) is 11.6 Å². The number of ether oxygens (including phenoxy) is 2. The predicted octanol–water partition coefficient (Wildman–Crippen LogP) is 3.31. The van der Waals surface area contributed by atoms with Gasteiger partial charge in [0, 0.05) is 10.6 Å². The SMILES string of the molecule is COc1ncc(CSc2ccc(C#N)c(Cl)c2)nc1OC. The molecule has 0 amide bonds. The van der Waals surface area contributed by atoms with Gasteiger partial charge >= 0.3 is 0 Å². The molecule has 108 valence electrons. The lowest BCUT2D eigenvalue weighted by Crippen LogP contribution is -1.99. The molecule has 7 heteroatoms. The zero-order chi connectivity index (χ0) is 15.2. The van der Waals surface area contributed by atoms with Crippen molar-refractivity contribution in [1.82, 2.24) is 9.97 Å². The van der Waals surface area contributed by atoms with Crippen LogP contribution in [0.25, 0.3) is 0 Å². The third-order valence-corrected chi connectivity index (χ3v) is 3.93. The highest BCUT2D eigenvalue weighted by Gasteiger charge is 2.09. The van der Waals surface area contributed by atoms with Crippen molar-refractivity contribution in [3.8, 4) is 17.8 Å². The molecule has 2 rings (SSSR count). The van der Waals surface area contributed by atoms with Crippen LogP contribution in [0.5, 0.6) is 11.8 Å². The van der Waals surface area contributed by atoms with Gasteiger partial charge in [-0.3, -0.25) is 0 Å². The van der Waals surface area contributed by atoms with Crippen molar-refractivity contribution >= 4 is 23.4 Å². The molecule has 0 aliphatic rings. The molecule has 0 saturated carbocycles. The summed E-state index contributed by atoms with van der Waals surface area (Å²) in [5.41, 5.74) is 1.23. The average Bonchev–Trinajstić information content (AvgIpc) is 2.52. The Labute approximate surface area is 131 Å². The van der Waals surface area contributed by atoms with E-state index in [-0.39, 0.29) is 0 Å². The van der Waals surface area contributed by atoms with Gasteiger partial charge < -0.3 is 9.47 Å². The highest BCUT2D eigenvalue weighted by atomic mass is 35.5. The third-order valence-electron chi connectivity index (χ3n) is 2.59. The van der Waals surface area contributed by atoms with Crippen LogP contribution in [0.15, 0.2) is 29.3 Å². The van der Waals surface area contributed by atoms with Gasteiger partial charge in [-0.05, 0) is 18.2 Å². The van der Waals surface area contributed by atoms with Gasteiger partial charge in [0.1, 0.15) is 6.07 Å². The second-order valence-corrected chi connectivity index (χ2v) is 5.38. The third kappa shape index (κ3) is 3.78. The van der Waals surface area contributed by atoms with E-state index in [9.17, 15) is 0 Å². The number of methoxy groups -OCH3 is 2. The Hall–Kier alpha value is -1.97. The number of halogens is 1. The van der Waals surface area contributed by atoms with E-state index in [0.717, 1.165) is 10.6 Å². The fourth-order valence-corrected chi connectivity index (χ4v) is 2.68. The van der Waals surface area contributed by atoms with E-state index in [1.54, 1.807) is 30.1 Å². The highest BCUT2D eigenvalue weighted by molar-refractivity contribution is 7.98. The summed E-state index contributed by atoms with van der Waals surface area (Å²) in [4.78, 5) is 9.40. The molecule has 2 aromatic rings. The minimum atomic E-state index is 0.354. The molecule has 0 aliphatic carbocycles. The predicted molar refractivity (Wildman–Crippen MR) is 80.9 cm³/mol. The van der Waals surface area contributed by atoms with Crippen LogP contribution in [-0.4, -0.2) is 24.2 Å². The van der Waals surface area contributed by atoms with Gasteiger partial charge in [0.05, 0.1) is 36.7 Å². The van der Waals surface area contributed by atoms with Crippen LogP contribution in [-0.2, 0) is 5.75 Å². The maximum atomic E-state index is 8.84. The summed E-state index contributed by atoms with van der Waals surface area (Å²) in [6, 6.07) is 7.34. The minimum Gasteiger partial charge on any atom is -0.477 e. The van der Waals surface area contributed by atoms with Crippen molar-refractivity contribution in [2.24, 2.45) is 0 Å². The number of rotatable bonds is 5. The molecule has 0 spiro atoms. The first-order chi connectivity index (χ1) is 10.2. The van der Waals surface area contributed by atoms with E-state index in [0.29, 0.717) is 28.1 Å². The fourth-order valence-electron chi connectivity index (χ4n) is 1.57. The summed E-state index contributed by atoms with van der Waals surface area (Å²) in [6.45, 7) is 0. The lowest BCUT2D eigenvalue weighted by atomic mass is 10.2. The number of thioether (sulfide) groups is 1. The van der Waals surface area contributed by atoms with E-state index < -0.39 is 0 Å². The zero-order valence-electron chi connectivity index (χ0n) is 11.5. The number of hydrogen-bond donors (Lipinski definition) is 0. The Bertz CT molecular complexity index is 688. The molecule has 5 nitrogen and oxygen atoms in total. The van der Waals surface area contributed by atoms with Crippen molar-refractivity contribution in [3.63, 3.8) is 0 Å². The van der Waals surface area contributed by atoms with Crippen LogP contribution >= 0.6 is 23.4 Å². The molecular formula is C14H12ClN3O2S. The van der Waals surface area contributed by atoms with Crippen molar-refractivity contribution < 1.29 is 9.47 Å². The lowest BCUT2D eigenvalue weighted by molar-refractivity contribution is 0.330. The van der Waals surface area contributed by atoms with Crippen LogP contribution in [0.3, 0.4) is 0 Å². The summed E-state index contributed by atoms with van der Waals surface area (Å²) < 4.78 is 10.2. The van der Waals surface area contributed by atoms with Gasteiger partial charge in [0.15, 0.2) is 0 Å². The second-order valence-electron chi connectivity index (χ2n) is 3.92. The van der Waals surface area contributed by atoms with E-state index >= 15 is 0 Å². The molecule has 1 heterocycles. The lowest BCUT2D eigenvalue weighted by Gasteiger charge is -2.07. The maximum absolute atomic E-state index is 8.84. The molecule has 0 N–H and O–H groups in total. The van der Waals surface area contributed by atoms with Crippen molar-refractivity contribution in [2.75, 3.05) is 14.2 Å². The molecule has 21 heavy (non-hydrogen) atoms. The molecule has 0 radical (unpaired) electrons. The largest absolute Gasteiger partial charge is 0.477 e. The first-order valence-corrected chi connectivity index (χ1v) is 7.30. The monoisotopic (exact) mass is 321 g/mol. The van der Waals surface area contributed by atoms with Gasteiger partial charge in [0.2, 0.25) is 0 Å². The summed E-state index contributed by atoms with van der Waals surface area (Å²) >= 11 is 7.54. The van der Waals surface area contributed by atoms with Crippen molar-refractivity contribution in [3.05, 3.63) is 40.7 Å². The number of nitrogens with zero attached hydrogens (tertiary/aromatic N) is 3. The highest BCUT2D eigenvalue weighted by Crippen LogP contribution is 2.28. The fraction of sp³-hybridized carbons (Fsp3) is 0.214. The van der Waals surface area contributed by atoms with Gasteiger partial charge in [0.25, 0.3) is 11.8 Å². The van der Waals surface area contributed by atoms with Crippen molar-refractivity contribution in [2.45, 2.75) is 10.6 Å². The maximum Gasteiger partial charge on any atom is 0.278 e. The second kappa shape index (κ2) is 7.16. The summed E-state index contributed by atoms with van der Waals surface area (Å²) in [5.74, 6) is 1.32. The molecule has 0 atom stereocenters. The standard InChI is InChI=1S/C14H12ClN3O2S/c1-19-13-14(20-2)18-10(7-17-13)8-21-11-4-3-9(6-16)12(15)5-11/h3-5,7H,8H2,1-2H3. The summed E-state index contributed by atoms with van der Waals surface area (Å²) in [6.07, 6.45) is 1.64. The number of hydrogen-bond acceptors (Lipinski definition) is 6. The van der Waals surface area contributed by atoms with Crippen LogP contribution in [0.4, 0.5) is 0 Å². The van der Waals surface area contributed by atoms with Crippen LogP contribution < -0.4 is 9.47 Å². The van der Waals surface area contributed by atoms with E-state index in [2.05, 4.69) is 9.97 Å². The number of benzene rings is 1. The molecule has 0 aliphatic heterocycles. The summed E-state index contributed by atoms with van der Waals surface area (Å²) in [7, 11) is 3.03. The number of aromatic nitrogens is 2. The van der Waals surface area contributed by atoms with E-state index in [1.807, 2.05) is 12.1 Å². The smallest absolute Gasteiger partial charge is 0.278 e. The Balaban J connectivity index is 2.09. The van der Waals surface area contributed by atoms with E-state index in [1.165, 1.54) is 14.2 Å². The number of nitriles is 1. The Morgan fingerprint density at radius 3 is 2.67 bits per heavy atom. The quantitative estimate of drug-likeness (QED) is 0.787. The summed E-state index contributed by atoms with van der Waals surface area (Å²) in [5, 5.41) is 9.28. The van der Waals surface area contributed by atoms with Gasteiger partial charge in [-0.15, -0.1) is 11.8 Å². The van der Waals surface area contributed by atoms with Crippen LogP contribution in [0, 0.1) is 11.3 Å². The zero-order valence-corrected chi connectivity index (χ0v) is 13.0. The van der Waals surface area contributed by atoms with Gasteiger partial charge in [-0.2, -0.15) is 5.26 Å². The molecule has 0 unspecified atom stereocenters. The molecule has 0 bridgehead atoms. The minimum absolute atomic E-state index is 0.354. The molecular weight excluding hydrogens is 310 g/mol. The Morgan fingerprint density at radius 2 is 2.05 bits per heavy atom. The molecule has 0 fully saturated rings. The molecule has 1 aromatic carbocycles. The average molecular weight is 322 g/mol. The normalized spacial score (nSPS) is 10.0. The first kappa shape index (κ1) is 15.4. The first-order valence-electron chi connectivity index (χ1n) is 5.94. The Kier molecular flexibility index (Phi) is 5.26. The Morgan fingerprint density at radius 1 is 1.29 bits per heavy atom. The molecule has 0 saturated heterocycles. The van der Waals surface area contributed by atoms with Crippen LogP contribution in [0.1, 0.15) is 11.3 Å².